The molecule has 112 valence electrons. The van der Waals surface area contributed by atoms with Crippen molar-refractivity contribution < 1.29 is 14.3 Å². The number of carbonyl (C=O) groups is 2. The number of methoxy groups -OCH3 is 1. The average molecular weight is 295 g/mol. The molecule has 0 bridgehead atoms. The molecule has 2 aromatic carbocycles. The molecule has 0 radical (unpaired) electrons. The Morgan fingerprint density at radius 2 is 1.73 bits per heavy atom. The van der Waals surface area contributed by atoms with E-state index in [0.717, 1.165) is 6.42 Å². The molecule has 3 rings (SSSR count). The molecule has 1 amide bonds. The van der Waals surface area contributed by atoms with Gasteiger partial charge < -0.3 is 10.1 Å². The van der Waals surface area contributed by atoms with E-state index in [1.807, 2.05) is 18.2 Å². The molecule has 0 spiro atoms. The van der Waals surface area contributed by atoms with Crippen LogP contribution in [0.15, 0.2) is 54.6 Å². The number of esters is 1. The largest absolute Gasteiger partial charge is 0.465 e. The molecular formula is C18H17NO3. The number of amides is 1. The Morgan fingerprint density at radius 3 is 2.36 bits per heavy atom. The number of rotatable bonds is 4. The smallest absolute Gasteiger partial charge is 0.337 e. The highest BCUT2D eigenvalue weighted by atomic mass is 16.5. The third kappa shape index (κ3) is 3.01. The van der Waals surface area contributed by atoms with Gasteiger partial charge in [0.05, 0.1) is 12.7 Å². The van der Waals surface area contributed by atoms with Crippen molar-refractivity contribution in [2.24, 2.45) is 5.92 Å². The fourth-order valence-corrected chi connectivity index (χ4v) is 2.60. The Morgan fingerprint density at radius 1 is 1.05 bits per heavy atom. The zero-order chi connectivity index (χ0) is 15.5. The van der Waals surface area contributed by atoms with Gasteiger partial charge in [0.1, 0.15) is 0 Å². The Labute approximate surface area is 129 Å². The third-order valence-electron chi connectivity index (χ3n) is 3.93. The van der Waals surface area contributed by atoms with Crippen LogP contribution >= 0.6 is 0 Å². The predicted octanol–water partition coefficient (Wildman–Crippen LogP) is 3.22. The summed E-state index contributed by atoms with van der Waals surface area (Å²) in [5, 5.41) is 2.90. The second kappa shape index (κ2) is 6.02. The summed E-state index contributed by atoms with van der Waals surface area (Å²) in [6.45, 7) is 0. The maximum atomic E-state index is 12.2. The summed E-state index contributed by atoms with van der Waals surface area (Å²) < 4.78 is 4.64. The van der Waals surface area contributed by atoms with E-state index in [1.54, 1.807) is 24.3 Å². The van der Waals surface area contributed by atoms with Crippen LogP contribution in [0.5, 0.6) is 0 Å². The number of hydrogen-bond donors (Lipinski definition) is 1. The van der Waals surface area contributed by atoms with Gasteiger partial charge in [0.2, 0.25) is 5.91 Å². The van der Waals surface area contributed by atoms with Gasteiger partial charge in [-0.3, -0.25) is 4.79 Å². The maximum absolute atomic E-state index is 12.2. The number of nitrogens with one attached hydrogen (secondary N) is 1. The molecule has 1 fully saturated rings. The SMILES string of the molecule is COC(=O)c1ccc(NC(=O)[C@@H]2C[C@H]2c2ccccc2)cc1. The lowest BCUT2D eigenvalue weighted by molar-refractivity contribution is -0.117. The summed E-state index contributed by atoms with van der Waals surface area (Å²) in [4.78, 5) is 23.6. The van der Waals surface area contributed by atoms with Crippen molar-refractivity contribution in [2.45, 2.75) is 12.3 Å². The molecule has 4 heteroatoms. The molecule has 0 saturated heterocycles. The van der Waals surface area contributed by atoms with E-state index in [1.165, 1.54) is 12.7 Å². The summed E-state index contributed by atoms with van der Waals surface area (Å²) in [5.74, 6) is -0.0119. The highest BCUT2D eigenvalue weighted by Gasteiger charge is 2.43. The normalized spacial score (nSPS) is 19.3. The molecular weight excluding hydrogens is 278 g/mol. The lowest BCUT2D eigenvalue weighted by Gasteiger charge is -2.06. The first-order valence-electron chi connectivity index (χ1n) is 7.23. The molecule has 22 heavy (non-hydrogen) atoms. The first-order valence-corrected chi connectivity index (χ1v) is 7.23. The van der Waals surface area contributed by atoms with Gasteiger partial charge in [-0.2, -0.15) is 0 Å². The molecule has 1 aliphatic carbocycles. The van der Waals surface area contributed by atoms with Gasteiger partial charge in [0.15, 0.2) is 0 Å². The number of benzene rings is 2. The molecule has 2 aromatic rings. The van der Waals surface area contributed by atoms with Crippen LogP contribution in [-0.4, -0.2) is 19.0 Å². The van der Waals surface area contributed by atoms with Crippen molar-refractivity contribution in [1.82, 2.24) is 0 Å². The third-order valence-corrected chi connectivity index (χ3v) is 3.93. The van der Waals surface area contributed by atoms with Crippen molar-refractivity contribution in [1.29, 1.82) is 0 Å². The minimum absolute atomic E-state index is 0.0275. The highest BCUT2D eigenvalue weighted by molar-refractivity contribution is 5.96. The van der Waals surface area contributed by atoms with Gasteiger partial charge in [0, 0.05) is 11.6 Å². The van der Waals surface area contributed by atoms with Gasteiger partial charge in [-0.25, -0.2) is 4.79 Å². The molecule has 1 N–H and O–H groups in total. The van der Waals surface area contributed by atoms with E-state index in [2.05, 4.69) is 22.2 Å². The highest BCUT2D eigenvalue weighted by Crippen LogP contribution is 2.47. The van der Waals surface area contributed by atoms with Gasteiger partial charge in [-0.05, 0) is 42.2 Å². The van der Waals surface area contributed by atoms with Crippen LogP contribution in [0.4, 0.5) is 5.69 Å². The Balaban J connectivity index is 1.60. The van der Waals surface area contributed by atoms with Crippen molar-refractivity contribution in [3.63, 3.8) is 0 Å². The van der Waals surface area contributed by atoms with Crippen LogP contribution in [0.3, 0.4) is 0 Å². The topological polar surface area (TPSA) is 55.4 Å². The number of carbonyl (C=O) groups excluding carboxylic acids is 2. The summed E-state index contributed by atoms with van der Waals surface area (Å²) in [7, 11) is 1.34. The fourth-order valence-electron chi connectivity index (χ4n) is 2.60. The second-order valence-electron chi connectivity index (χ2n) is 5.42. The predicted molar refractivity (Wildman–Crippen MR) is 83.7 cm³/mol. The minimum Gasteiger partial charge on any atom is -0.465 e. The summed E-state index contributed by atoms with van der Waals surface area (Å²) in [6.07, 6.45) is 0.885. The molecule has 2 atom stereocenters. The fraction of sp³-hybridized carbons (Fsp3) is 0.222. The summed E-state index contributed by atoms with van der Waals surface area (Å²) >= 11 is 0. The van der Waals surface area contributed by atoms with Crippen LogP contribution in [0, 0.1) is 5.92 Å². The van der Waals surface area contributed by atoms with Crippen LogP contribution in [0.1, 0.15) is 28.3 Å². The van der Waals surface area contributed by atoms with E-state index in [4.69, 9.17) is 0 Å². The first-order chi connectivity index (χ1) is 10.7. The molecule has 4 nitrogen and oxygen atoms in total. The lowest BCUT2D eigenvalue weighted by atomic mass is 10.1. The number of anilines is 1. The maximum Gasteiger partial charge on any atom is 0.337 e. The van der Waals surface area contributed by atoms with Crippen LogP contribution in [-0.2, 0) is 9.53 Å². The minimum atomic E-state index is -0.385. The Hall–Kier alpha value is -2.62. The summed E-state index contributed by atoms with van der Waals surface area (Å²) in [6, 6.07) is 16.8. The lowest BCUT2D eigenvalue weighted by Crippen LogP contribution is -2.14. The van der Waals surface area contributed by atoms with E-state index >= 15 is 0 Å². The van der Waals surface area contributed by atoms with Crippen molar-refractivity contribution in [2.75, 3.05) is 12.4 Å². The van der Waals surface area contributed by atoms with E-state index in [9.17, 15) is 9.59 Å². The van der Waals surface area contributed by atoms with Crippen molar-refractivity contribution in [3.05, 3.63) is 65.7 Å². The van der Waals surface area contributed by atoms with Gasteiger partial charge in [-0.1, -0.05) is 30.3 Å². The zero-order valence-electron chi connectivity index (χ0n) is 12.3. The van der Waals surface area contributed by atoms with Crippen LogP contribution in [0.2, 0.25) is 0 Å². The van der Waals surface area contributed by atoms with Crippen LogP contribution < -0.4 is 5.32 Å². The van der Waals surface area contributed by atoms with E-state index in [0.29, 0.717) is 17.2 Å². The number of hydrogen-bond acceptors (Lipinski definition) is 3. The van der Waals surface area contributed by atoms with E-state index in [-0.39, 0.29) is 17.8 Å². The van der Waals surface area contributed by atoms with E-state index < -0.39 is 0 Å². The second-order valence-corrected chi connectivity index (χ2v) is 5.42. The monoisotopic (exact) mass is 295 g/mol. The molecule has 1 saturated carbocycles. The molecule has 0 unspecified atom stereocenters. The Bertz CT molecular complexity index is 679. The average Bonchev–Trinajstić information content (AvgIpc) is 3.36. The van der Waals surface area contributed by atoms with Gasteiger partial charge in [-0.15, -0.1) is 0 Å². The first kappa shape index (κ1) is 14.3. The quantitative estimate of drug-likeness (QED) is 0.881. The molecule has 1 aliphatic rings. The Kier molecular flexibility index (Phi) is 3.92. The zero-order valence-corrected chi connectivity index (χ0v) is 12.3. The molecule has 0 heterocycles. The van der Waals surface area contributed by atoms with Crippen molar-refractivity contribution in [3.8, 4) is 0 Å². The van der Waals surface area contributed by atoms with Crippen LogP contribution in [0.25, 0.3) is 0 Å². The summed E-state index contributed by atoms with van der Waals surface area (Å²) in [5.41, 5.74) is 2.37. The standard InChI is InChI=1S/C18H17NO3/c1-22-18(21)13-7-9-14(10-8-13)19-17(20)16-11-15(16)12-5-3-2-4-6-12/h2-10,15-16H,11H2,1H3,(H,19,20)/t15-,16+/m0/s1. The van der Waals surface area contributed by atoms with Crippen molar-refractivity contribution >= 4 is 17.6 Å². The van der Waals surface area contributed by atoms with Gasteiger partial charge in [0.25, 0.3) is 0 Å². The number of ether oxygens (including phenoxy) is 1. The molecule has 0 aromatic heterocycles. The molecule has 0 aliphatic heterocycles. The van der Waals surface area contributed by atoms with Gasteiger partial charge >= 0.3 is 5.97 Å².